The van der Waals surface area contributed by atoms with Gasteiger partial charge in [-0.15, -0.1) is 0 Å². The van der Waals surface area contributed by atoms with Crippen LogP contribution < -0.4 is 10.1 Å². The van der Waals surface area contributed by atoms with Gasteiger partial charge >= 0.3 is 0 Å². The monoisotopic (exact) mass is 364 g/mol. The van der Waals surface area contributed by atoms with Crippen molar-refractivity contribution in [3.8, 4) is 5.75 Å². The van der Waals surface area contributed by atoms with E-state index in [1.54, 1.807) is 7.11 Å². The Bertz CT molecular complexity index is 1120. The zero-order valence-corrected chi connectivity index (χ0v) is 15.5. The smallest absolute Gasteiger partial charge is 0.224 e. The second-order valence-corrected chi connectivity index (χ2v) is 6.50. The Morgan fingerprint density at radius 3 is 2.70 bits per heavy atom. The zero-order valence-electron chi connectivity index (χ0n) is 15.5. The Morgan fingerprint density at radius 2 is 1.96 bits per heavy atom. The van der Waals surface area contributed by atoms with Crippen LogP contribution in [0.1, 0.15) is 23.4 Å². The minimum Gasteiger partial charge on any atom is -0.495 e. The highest BCUT2D eigenvalue weighted by Gasteiger charge is 2.15. The number of aromatic nitrogens is 1. The van der Waals surface area contributed by atoms with Gasteiger partial charge in [0.05, 0.1) is 18.5 Å². The van der Waals surface area contributed by atoms with Crippen molar-refractivity contribution < 1.29 is 18.5 Å². The molecule has 0 saturated heterocycles. The fourth-order valence-electron chi connectivity index (χ4n) is 3.33. The van der Waals surface area contributed by atoms with Gasteiger partial charge in [0.1, 0.15) is 22.7 Å². The molecule has 4 aromatic rings. The molecule has 0 saturated carbocycles. The molecule has 4 rings (SSSR count). The van der Waals surface area contributed by atoms with Crippen molar-refractivity contribution in [1.29, 1.82) is 0 Å². The van der Waals surface area contributed by atoms with Crippen LogP contribution in [-0.2, 0) is 11.2 Å². The lowest BCUT2D eigenvalue weighted by Gasteiger charge is -2.10. The molecule has 2 heterocycles. The molecule has 27 heavy (non-hydrogen) atoms. The Hall–Kier alpha value is -3.28. The lowest BCUT2D eigenvalue weighted by Crippen LogP contribution is -2.13. The number of anilines is 1. The van der Waals surface area contributed by atoms with Crippen molar-refractivity contribution in [3.05, 3.63) is 53.4 Å². The maximum atomic E-state index is 12.5. The third kappa shape index (κ3) is 3.14. The van der Waals surface area contributed by atoms with Gasteiger partial charge in [-0.1, -0.05) is 23.4 Å². The summed E-state index contributed by atoms with van der Waals surface area (Å²) in [6.07, 6.45) is 0.895. The normalized spacial score (nSPS) is 11.2. The number of ether oxygens (including phenoxy) is 1. The summed E-state index contributed by atoms with van der Waals surface area (Å²) >= 11 is 0. The largest absolute Gasteiger partial charge is 0.495 e. The number of hydrogen-bond acceptors (Lipinski definition) is 5. The predicted molar refractivity (Wildman–Crippen MR) is 103 cm³/mol. The van der Waals surface area contributed by atoms with Gasteiger partial charge in [0.25, 0.3) is 0 Å². The second kappa shape index (κ2) is 6.79. The summed E-state index contributed by atoms with van der Waals surface area (Å²) in [5, 5.41) is 8.82. The van der Waals surface area contributed by atoms with Crippen LogP contribution in [0.3, 0.4) is 0 Å². The number of carbonyl (C=O) groups excluding carboxylic acids is 1. The van der Waals surface area contributed by atoms with E-state index in [0.29, 0.717) is 29.9 Å². The van der Waals surface area contributed by atoms with Gasteiger partial charge in [0.2, 0.25) is 5.91 Å². The number of nitrogens with one attached hydrogen (secondary N) is 1. The molecule has 0 bridgehead atoms. The molecule has 1 N–H and O–H groups in total. The van der Waals surface area contributed by atoms with Crippen LogP contribution in [-0.4, -0.2) is 18.2 Å². The highest BCUT2D eigenvalue weighted by Crippen LogP contribution is 2.36. The average Bonchev–Trinajstić information content (AvgIpc) is 3.18. The number of hydrogen-bond donors (Lipinski definition) is 1. The maximum absolute atomic E-state index is 12.5. The van der Waals surface area contributed by atoms with Gasteiger partial charge in [0, 0.05) is 28.8 Å². The van der Waals surface area contributed by atoms with Crippen LogP contribution in [0.5, 0.6) is 5.75 Å². The van der Waals surface area contributed by atoms with Gasteiger partial charge in [-0.3, -0.25) is 4.79 Å². The second-order valence-electron chi connectivity index (χ2n) is 6.50. The van der Waals surface area contributed by atoms with Crippen molar-refractivity contribution in [1.82, 2.24) is 5.16 Å². The number of amides is 1. The number of rotatable bonds is 5. The fraction of sp³-hybridized carbons (Fsp3) is 0.238. The summed E-state index contributed by atoms with van der Waals surface area (Å²) in [7, 11) is 1.59. The number of nitrogens with zero attached hydrogens (tertiary/aromatic N) is 1. The van der Waals surface area contributed by atoms with E-state index >= 15 is 0 Å². The number of fused-ring (bicyclic) bond motifs is 3. The number of methoxy groups -OCH3 is 1. The van der Waals surface area contributed by atoms with Crippen molar-refractivity contribution in [3.63, 3.8) is 0 Å². The first-order chi connectivity index (χ1) is 13.1. The Labute approximate surface area is 156 Å². The molecule has 2 aromatic heterocycles. The number of benzene rings is 2. The molecule has 6 heteroatoms. The molecule has 0 unspecified atom stereocenters. The molecular weight excluding hydrogens is 344 g/mol. The molecule has 1 amide bonds. The van der Waals surface area contributed by atoms with E-state index in [9.17, 15) is 4.79 Å². The quantitative estimate of drug-likeness (QED) is 0.552. The molecule has 0 aliphatic carbocycles. The number of para-hydroxylation sites is 1. The van der Waals surface area contributed by atoms with Crippen LogP contribution in [0.2, 0.25) is 0 Å². The van der Waals surface area contributed by atoms with Gasteiger partial charge in [-0.25, -0.2) is 0 Å². The lowest BCUT2D eigenvalue weighted by atomic mass is 10.1. The first-order valence-corrected chi connectivity index (χ1v) is 8.77. The molecule has 0 radical (unpaired) electrons. The summed E-state index contributed by atoms with van der Waals surface area (Å²) in [5.41, 5.74) is 3.90. The van der Waals surface area contributed by atoms with E-state index in [-0.39, 0.29) is 5.91 Å². The van der Waals surface area contributed by atoms with Crippen molar-refractivity contribution in [2.45, 2.75) is 26.7 Å². The van der Waals surface area contributed by atoms with Crippen LogP contribution >= 0.6 is 0 Å². The molecule has 0 fully saturated rings. The van der Waals surface area contributed by atoms with Crippen molar-refractivity contribution >= 4 is 33.5 Å². The van der Waals surface area contributed by atoms with Crippen LogP contribution in [0.4, 0.5) is 5.69 Å². The summed E-state index contributed by atoms with van der Waals surface area (Å²) in [4.78, 5) is 12.5. The molecule has 138 valence electrons. The summed E-state index contributed by atoms with van der Waals surface area (Å²) in [6.45, 7) is 3.73. The Kier molecular flexibility index (Phi) is 4.32. The van der Waals surface area contributed by atoms with E-state index in [4.69, 9.17) is 13.7 Å². The number of carbonyl (C=O) groups is 1. The number of furan rings is 1. The van der Waals surface area contributed by atoms with Gasteiger partial charge in [-0.05, 0) is 32.4 Å². The fourth-order valence-corrected chi connectivity index (χ4v) is 3.33. The summed E-state index contributed by atoms with van der Waals surface area (Å²) in [6, 6.07) is 11.5. The first kappa shape index (κ1) is 17.1. The van der Waals surface area contributed by atoms with Crippen LogP contribution in [0, 0.1) is 13.8 Å². The third-order valence-corrected chi connectivity index (χ3v) is 4.76. The lowest BCUT2D eigenvalue weighted by molar-refractivity contribution is -0.116. The Balaban J connectivity index is 1.59. The highest BCUT2D eigenvalue weighted by molar-refractivity contribution is 6.07. The maximum Gasteiger partial charge on any atom is 0.224 e. The summed E-state index contributed by atoms with van der Waals surface area (Å²) in [5.74, 6) is 1.24. The van der Waals surface area contributed by atoms with Gasteiger partial charge in [0.15, 0.2) is 0 Å². The molecule has 0 spiro atoms. The van der Waals surface area contributed by atoms with Crippen LogP contribution in [0.15, 0.2) is 45.3 Å². The van der Waals surface area contributed by atoms with Gasteiger partial charge < -0.3 is 19.0 Å². The van der Waals surface area contributed by atoms with E-state index in [0.717, 1.165) is 33.4 Å². The third-order valence-electron chi connectivity index (χ3n) is 4.76. The Morgan fingerprint density at radius 1 is 1.15 bits per heavy atom. The van der Waals surface area contributed by atoms with Crippen LogP contribution in [0.25, 0.3) is 21.9 Å². The van der Waals surface area contributed by atoms with E-state index < -0.39 is 0 Å². The van der Waals surface area contributed by atoms with Crippen molar-refractivity contribution in [2.24, 2.45) is 0 Å². The van der Waals surface area contributed by atoms with E-state index in [1.807, 2.05) is 50.2 Å². The van der Waals surface area contributed by atoms with Crippen molar-refractivity contribution in [2.75, 3.05) is 12.4 Å². The SMILES string of the molecule is COc1cc2c(cc1NC(=O)CCc1c(C)noc1C)oc1ccccc12. The summed E-state index contributed by atoms with van der Waals surface area (Å²) < 4.78 is 16.5. The topological polar surface area (TPSA) is 77.5 Å². The first-order valence-electron chi connectivity index (χ1n) is 8.77. The average molecular weight is 364 g/mol. The molecular formula is C21H20N2O4. The molecule has 6 nitrogen and oxygen atoms in total. The number of aryl methyl sites for hydroxylation is 2. The molecule has 0 aliphatic rings. The minimum absolute atomic E-state index is 0.108. The van der Waals surface area contributed by atoms with Gasteiger partial charge in [-0.2, -0.15) is 0 Å². The molecule has 0 atom stereocenters. The predicted octanol–water partition coefficient (Wildman–Crippen LogP) is 4.77. The zero-order chi connectivity index (χ0) is 19.0. The highest BCUT2D eigenvalue weighted by atomic mass is 16.5. The van der Waals surface area contributed by atoms with E-state index in [1.165, 1.54) is 0 Å². The molecule has 0 aliphatic heterocycles. The standard InChI is InChI=1S/C21H20N2O4/c1-12-14(13(2)27-23-12)8-9-21(24)22-17-11-19-16(10-20(17)25-3)15-6-4-5-7-18(15)26-19/h4-7,10-11H,8-9H2,1-3H3,(H,22,24). The van der Waals surface area contributed by atoms with E-state index in [2.05, 4.69) is 10.5 Å². The molecule has 2 aromatic carbocycles. The minimum atomic E-state index is -0.108.